The van der Waals surface area contributed by atoms with Crippen molar-refractivity contribution < 1.29 is 19.8 Å². The number of amides is 1. The summed E-state index contributed by atoms with van der Waals surface area (Å²) in [6.07, 6.45) is 5.54. The third-order valence-electron chi connectivity index (χ3n) is 4.51. The molecule has 0 aromatic carbocycles. The van der Waals surface area contributed by atoms with Crippen molar-refractivity contribution >= 4 is 11.9 Å². The largest absolute Gasteiger partial charge is 0.481 e. The first-order valence-electron chi connectivity index (χ1n) is 6.46. The van der Waals surface area contributed by atoms with Crippen LogP contribution in [0.25, 0.3) is 0 Å². The molecule has 5 heteroatoms. The predicted octanol–water partition coefficient (Wildman–Crippen LogP) is 0.149. The van der Waals surface area contributed by atoms with Crippen LogP contribution in [0.1, 0.15) is 19.3 Å². The summed E-state index contributed by atoms with van der Waals surface area (Å²) in [5.74, 6) is -1.96. The molecule has 0 saturated heterocycles. The minimum atomic E-state index is -0.874. The number of carbonyl (C=O) groups excluding carboxylic acids is 1. The number of rotatable bonds is 3. The number of allylic oxidation sites excluding steroid dienone is 2. The van der Waals surface area contributed by atoms with Crippen LogP contribution in [0.4, 0.5) is 0 Å². The van der Waals surface area contributed by atoms with Gasteiger partial charge in [-0.15, -0.1) is 0 Å². The van der Waals surface area contributed by atoms with Gasteiger partial charge in [0.2, 0.25) is 5.91 Å². The zero-order valence-electron chi connectivity index (χ0n) is 9.95. The van der Waals surface area contributed by atoms with Crippen LogP contribution in [0.5, 0.6) is 0 Å². The van der Waals surface area contributed by atoms with Crippen molar-refractivity contribution in [1.29, 1.82) is 0 Å². The van der Waals surface area contributed by atoms with Gasteiger partial charge >= 0.3 is 5.97 Å². The van der Waals surface area contributed by atoms with Crippen molar-refractivity contribution in [3.05, 3.63) is 12.2 Å². The maximum absolute atomic E-state index is 12.2. The zero-order chi connectivity index (χ0) is 12.9. The van der Waals surface area contributed by atoms with Gasteiger partial charge in [-0.25, -0.2) is 0 Å². The van der Waals surface area contributed by atoms with E-state index in [1.807, 2.05) is 12.2 Å². The molecule has 3 aliphatic rings. The Labute approximate surface area is 105 Å². The van der Waals surface area contributed by atoms with Gasteiger partial charge in [-0.2, -0.15) is 0 Å². The third kappa shape index (κ3) is 1.73. The van der Waals surface area contributed by atoms with Crippen LogP contribution in [0.2, 0.25) is 0 Å². The van der Waals surface area contributed by atoms with Crippen molar-refractivity contribution in [2.75, 3.05) is 0 Å². The van der Waals surface area contributed by atoms with Crippen LogP contribution in [-0.2, 0) is 9.59 Å². The molecular weight excluding hydrogens is 234 g/mol. The molecule has 5 nitrogen and oxygen atoms in total. The maximum Gasteiger partial charge on any atom is 0.307 e. The number of nitrogens with one attached hydrogen (secondary N) is 1. The highest BCUT2D eigenvalue weighted by molar-refractivity contribution is 5.87. The number of carboxylic acids is 1. The van der Waals surface area contributed by atoms with Crippen molar-refractivity contribution in [2.45, 2.75) is 31.4 Å². The highest BCUT2D eigenvalue weighted by Crippen LogP contribution is 2.48. The summed E-state index contributed by atoms with van der Waals surface area (Å²) in [6.45, 7) is 0. The minimum Gasteiger partial charge on any atom is -0.481 e. The molecular formula is C13H17NO4. The van der Waals surface area contributed by atoms with E-state index in [-0.39, 0.29) is 29.9 Å². The summed E-state index contributed by atoms with van der Waals surface area (Å²) in [6, 6.07) is 0.0186. The molecule has 4 atom stereocenters. The highest BCUT2D eigenvalue weighted by atomic mass is 16.4. The van der Waals surface area contributed by atoms with E-state index in [2.05, 4.69) is 5.32 Å². The highest BCUT2D eigenvalue weighted by Gasteiger charge is 2.52. The van der Waals surface area contributed by atoms with Crippen LogP contribution in [-0.4, -0.2) is 34.2 Å². The molecule has 0 heterocycles. The Morgan fingerprint density at radius 2 is 1.67 bits per heavy atom. The number of aliphatic carboxylic acids is 1. The number of hydrogen-bond donors (Lipinski definition) is 3. The second-order valence-electron chi connectivity index (χ2n) is 5.67. The number of hydrogen-bond acceptors (Lipinski definition) is 3. The molecule has 2 bridgehead atoms. The van der Waals surface area contributed by atoms with Gasteiger partial charge in [0.1, 0.15) is 0 Å². The van der Waals surface area contributed by atoms with Gasteiger partial charge in [0.05, 0.1) is 17.9 Å². The van der Waals surface area contributed by atoms with Crippen LogP contribution >= 0.6 is 0 Å². The maximum atomic E-state index is 12.2. The molecule has 3 N–H and O–H groups in total. The third-order valence-corrected chi connectivity index (χ3v) is 4.51. The summed E-state index contributed by atoms with van der Waals surface area (Å²) in [7, 11) is 0. The number of carboxylic acid groups (broad SMARTS) is 1. The van der Waals surface area contributed by atoms with Crippen molar-refractivity contribution in [3.63, 3.8) is 0 Å². The Kier molecular flexibility index (Phi) is 2.66. The van der Waals surface area contributed by atoms with Crippen LogP contribution in [0, 0.1) is 23.7 Å². The van der Waals surface area contributed by atoms with Gasteiger partial charge in [0.25, 0.3) is 0 Å². The average molecular weight is 251 g/mol. The normalized spacial score (nSPS) is 44.7. The fraction of sp³-hybridized carbons (Fsp3) is 0.692. The fourth-order valence-electron chi connectivity index (χ4n) is 3.52. The first-order chi connectivity index (χ1) is 8.56. The Bertz CT molecular complexity index is 413. The first kappa shape index (κ1) is 11.7. The van der Waals surface area contributed by atoms with Crippen molar-refractivity contribution in [3.8, 4) is 0 Å². The quantitative estimate of drug-likeness (QED) is 0.623. The molecule has 98 valence electrons. The van der Waals surface area contributed by atoms with Crippen molar-refractivity contribution in [1.82, 2.24) is 5.32 Å². The van der Waals surface area contributed by atoms with E-state index in [4.69, 9.17) is 0 Å². The van der Waals surface area contributed by atoms with E-state index in [1.165, 1.54) is 0 Å². The van der Waals surface area contributed by atoms with Crippen LogP contribution in [0.15, 0.2) is 12.2 Å². The molecule has 1 amide bonds. The Balaban J connectivity index is 1.68. The second kappa shape index (κ2) is 4.09. The van der Waals surface area contributed by atoms with E-state index in [1.54, 1.807) is 0 Å². The number of fused-ring (bicyclic) bond motifs is 2. The number of aliphatic hydroxyl groups excluding tert-OH is 1. The van der Waals surface area contributed by atoms with E-state index < -0.39 is 17.8 Å². The Morgan fingerprint density at radius 1 is 1.06 bits per heavy atom. The van der Waals surface area contributed by atoms with E-state index in [9.17, 15) is 19.8 Å². The lowest BCUT2D eigenvalue weighted by molar-refractivity contribution is -0.148. The monoisotopic (exact) mass is 251 g/mol. The van der Waals surface area contributed by atoms with Gasteiger partial charge in [0, 0.05) is 6.04 Å². The molecule has 18 heavy (non-hydrogen) atoms. The number of aliphatic hydroxyl groups is 1. The summed E-state index contributed by atoms with van der Waals surface area (Å²) < 4.78 is 0. The zero-order valence-corrected chi connectivity index (χ0v) is 9.95. The van der Waals surface area contributed by atoms with Gasteiger partial charge < -0.3 is 15.5 Å². The first-order valence-corrected chi connectivity index (χ1v) is 6.46. The predicted molar refractivity (Wildman–Crippen MR) is 62.5 cm³/mol. The molecule has 2 saturated carbocycles. The van der Waals surface area contributed by atoms with E-state index >= 15 is 0 Å². The fourth-order valence-corrected chi connectivity index (χ4v) is 3.52. The molecule has 2 unspecified atom stereocenters. The van der Waals surface area contributed by atoms with Crippen molar-refractivity contribution in [2.24, 2.45) is 23.7 Å². The summed E-state index contributed by atoms with van der Waals surface area (Å²) in [4.78, 5) is 23.4. The van der Waals surface area contributed by atoms with Crippen LogP contribution in [0.3, 0.4) is 0 Å². The molecule has 0 aliphatic heterocycles. The number of carbonyl (C=O) groups is 2. The van der Waals surface area contributed by atoms with Gasteiger partial charge in [-0.1, -0.05) is 12.2 Å². The molecule has 3 aliphatic carbocycles. The molecule has 0 radical (unpaired) electrons. The van der Waals surface area contributed by atoms with Gasteiger partial charge in [-0.05, 0) is 31.1 Å². The summed E-state index contributed by atoms with van der Waals surface area (Å²) in [5.41, 5.74) is 0. The van der Waals surface area contributed by atoms with Crippen LogP contribution < -0.4 is 5.32 Å². The Morgan fingerprint density at radius 3 is 2.22 bits per heavy atom. The lowest BCUT2D eigenvalue weighted by atomic mass is 9.81. The van der Waals surface area contributed by atoms with Gasteiger partial charge in [-0.3, -0.25) is 9.59 Å². The molecule has 3 rings (SSSR count). The standard InChI is InChI=1S/C13H17NO4/c15-9-4-8(5-9)14-12(16)10-6-1-2-7(3-6)11(10)13(17)18/h1-2,6-11,15H,3-5H2,(H,14,16)(H,17,18)/t6?,7?,8?,9?,10-,11+/m0/s1. The molecule has 0 aromatic heterocycles. The second-order valence-corrected chi connectivity index (χ2v) is 5.67. The Hall–Kier alpha value is -1.36. The molecule has 0 spiro atoms. The van der Waals surface area contributed by atoms with E-state index in [0.29, 0.717) is 12.8 Å². The lowest BCUT2D eigenvalue weighted by Crippen LogP contribution is -2.50. The average Bonchev–Trinajstić information content (AvgIpc) is 2.85. The summed E-state index contributed by atoms with van der Waals surface area (Å²) >= 11 is 0. The molecule has 2 fully saturated rings. The van der Waals surface area contributed by atoms with E-state index in [0.717, 1.165) is 6.42 Å². The topological polar surface area (TPSA) is 86.6 Å². The SMILES string of the molecule is O=C(O)[C@@H]1C2C=CC(C2)[C@@H]1C(=O)NC1CC(O)C1. The molecule has 0 aromatic rings. The smallest absolute Gasteiger partial charge is 0.307 e. The lowest BCUT2D eigenvalue weighted by Gasteiger charge is -2.34. The summed E-state index contributed by atoms with van der Waals surface area (Å²) in [5, 5.41) is 21.3. The van der Waals surface area contributed by atoms with Gasteiger partial charge in [0.15, 0.2) is 0 Å². The minimum absolute atomic E-state index is 0.00947.